The first-order valence-corrected chi connectivity index (χ1v) is 2.56. The molecule has 0 spiro atoms. The Kier molecular flexibility index (Phi) is 2.30. The molecule has 4 nitrogen and oxygen atoms in total. The number of hydrogen-bond donors (Lipinski definition) is 0. The largest absolute Gasteiger partial charge is 0.775 e. The molecule has 9 heavy (non-hydrogen) atoms. The van der Waals surface area contributed by atoms with E-state index in [9.17, 15) is 10.0 Å². The number of carbonyl (C=O) groups excluding carboxylic acids is 1. The predicted octanol–water partition coefficient (Wildman–Crippen LogP) is 1.30. The summed E-state index contributed by atoms with van der Waals surface area (Å²) in [5, 5.41) is 15.0. The average Bonchev–Trinajstić information content (AvgIpc) is 1.65. The minimum absolute atomic E-state index is 0.165. The summed E-state index contributed by atoms with van der Waals surface area (Å²) in [6.45, 7) is 4.45. The normalized spacial score (nSPS) is 12.3. The van der Waals surface area contributed by atoms with Crippen molar-refractivity contribution < 1.29 is 4.79 Å². The highest BCUT2D eigenvalue weighted by molar-refractivity contribution is 5.85. The molecule has 0 aliphatic carbocycles. The van der Waals surface area contributed by atoms with E-state index in [4.69, 9.17) is 0 Å². The van der Waals surface area contributed by atoms with Crippen LogP contribution in [0.25, 0.3) is 0 Å². The molecule has 0 bridgehead atoms. The molecule has 0 aliphatic rings. The Labute approximate surface area is 53.6 Å². The van der Waals surface area contributed by atoms with Crippen molar-refractivity contribution in [1.82, 2.24) is 0 Å². The number of rotatable bonds is 2. The van der Waals surface area contributed by atoms with E-state index in [-0.39, 0.29) is 5.78 Å². The zero-order valence-electron chi connectivity index (χ0n) is 5.71. The van der Waals surface area contributed by atoms with Crippen molar-refractivity contribution in [3.05, 3.63) is 5.21 Å². The highest BCUT2D eigenvalue weighted by atomic mass is 16.5. The van der Waals surface area contributed by atoms with Gasteiger partial charge in [0.15, 0.2) is 5.78 Å². The topological polar surface area (TPSA) is 64.8 Å². The van der Waals surface area contributed by atoms with Crippen molar-refractivity contribution in [3.8, 4) is 0 Å². The van der Waals surface area contributed by atoms with E-state index >= 15 is 0 Å². The molecular formula is C5H9N2O2-. The van der Waals surface area contributed by atoms with Crippen LogP contribution in [0.1, 0.15) is 20.8 Å². The molecule has 0 rings (SSSR count). The zero-order valence-corrected chi connectivity index (χ0v) is 5.71. The van der Waals surface area contributed by atoms with Crippen LogP contribution in [0.2, 0.25) is 0 Å². The molecule has 4 heteroatoms. The Balaban J connectivity index is 4.19. The van der Waals surface area contributed by atoms with E-state index in [0.717, 1.165) is 0 Å². The first-order valence-electron chi connectivity index (χ1n) is 2.56. The SMILES string of the molecule is CC(=O)C(C)(C)N=N[O-]. The minimum atomic E-state index is -0.943. The van der Waals surface area contributed by atoms with Gasteiger partial charge in [-0.3, -0.25) is 4.79 Å². The van der Waals surface area contributed by atoms with Gasteiger partial charge in [0.1, 0.15) is 5.54 Å². The number of Topliss-reactive ketones (excluding diaryl/α,β-unsaturated/α-hetero) is 1. The highest BCUT2D eigenvalue weighted by Crippen LogP contribution is 2.09. The Morgan fingerprint density at radius 1 is 1.56 bits per heavy atom. The number of ketones is 1. The van der Waals surface area contributed by atoms with Crippen molar-refractivity contribution in [3.63, 3.8) is 0 Å². The molecule has 0 unspecified atom stereocenters. The summed E-state index contributed by atoms with van der Waals surface area (Å²) in [7, 11) is 0. The van der Waals surface area contributed by atoms with Crippen LogP contribution in [-0.4, -0.2) is 11.3 Å². The van der Waals surface area contributed by atoms with Gasteiger partial charge >= 0.3 is 0 Å². The lowest BCUT2D eigenvalue weighted by molar-refractivity contribution is -0.121. The maximum Gasteiger partial charge on any atom is 0.158 e. The predicted molar refractivity (Wildman–Crippen MR) is 33.0 cm³/mol. The summed E-state index contributed by atoms with van der Waals surface area (Å²) < 4.78 is 0. The fourth-order valence-corrected chi connectivity index (χ4v) is 0.172. The molecule has 0 aromatic heterocycles. The molecular weight excluding hydrogens is 120 g/mol. The summed E-state index contributed by atoms with van der Waals surface area (Å²) in [4.78, 5) is 10.6. The van der Waals surface area contributed by atoms with Gasteiger partial charge < -0.3 is 5.21 Å². The van der Waals surface area contributed by atoms with E-state index in [1.165, 1.54) is 20.8 Å². The van der Waals surface area contributed by atoms with Crippen LogP contribution in [0.15, 0.2) is 10.4 Å². The van der Waals surface area contributed by atoms with Crippen molar-refractivity contribution in [2.24, 2.45) is 10.4 Å². The Morgan fingerprint density at radius 3 is 2.11 bits per heavy atom. The van der Waals surface area contributed by atoms with Crippen molar-refractivity contribution in [2.45, 2.75) is 26.3 Å². The Hall–Kier alpha value is -0.930. The quantitative estimate of drug-likeness (QED) is 0.416. The van der Waals surface area contributed by atoms with Crippen molar-refractivity contribution in [2.75, 3.05) is 0 Å². The van der Waals surface area contributed by atoms with Crippen LogP contribution in [0.5, 0.6) is 0 Å². The first-order chi connectivity index (χ1) is 4.00. The fraction of sp³-hybridized carbons (Fsp3) is 0.800. The number of nitrogens with zero attached hydrogens (tertiary/aromatic N) is 2. The van der Waals surface area contributed by atoms with Gasteiger partial charge in [0.25, 0.3) is 0 Å². The lowest BCUT2D eigenvalue weighted by Crippen LogP contribution is -2.25. The first kappa shape index (κ1) is 8.07. The molecule has 52 valence electrons. The third kappa shape index (κ3) is 2.21. The van der Waals surface area contributed by atoms with E-state index < -0.39 is 5.54 Å². The highest BCUT2D eigenvalue weighted by Gasteiger charge is 2.21. The molecule has 0 radical (unpaired) electrons. The molecule has 0 saturated carbocycles. The van der Waals surface area contributed by atoms with Crippen LogP contribution in [-0.2, 0) is 4.79 Å². The maximum atomic E-state index is 10.6. The summed E-state index contributed by atoms with van der Waals surface area (Å²) in [6.07, 6.45) is 0. The van der Waals surface area contributed by atoms with Crippen LogP contribution in [0, 0.1) is 5.21 Å². The van der Waals surface area contributed by atoms with Gasteiger partial charge in [-0.1, -0.05) is 0 Å². The van der Waals surface area contributed by atoms with E-state index in [2.05, 4.69) is 10.4 Å². The summed E-state index contributed by atoms with van der Waals surface area (Å²) in [6, 6.07) is 0. The van der Waals surface area contributed by atoms with Gasteiger partial charge in [0.05, 0.1) is 0 Å². The van der Waals surface area contributed by atoms with Gasteiger partial charge in [-0.15, -0.1) is 0 Å². The third-order valence-corrected chi connectivity index (χ3v) is 1.15. The number of hydrogen-bond acceptors (Lipinski definition) is 4. The summed E-state index contributed by atoms with van der Waals surface area (Å²) in [5.74, 6) is -0.165. The molecule has 0 aromatic rings. The smallest absolute Gasteiger partial charge is 0.158 e. The van der Waals surface area contributed by atoms with Gasteiger partial charge in [-0.2, -0.15) is 5.11 Å². The molecule has 0 amide bonds. The molecule has 0 fully saturated rings. The van der Waals surface area contributed by atoms with Crippen LogP contribution >= 0.6 is 0 Å². The van der Waals surface area contributed by atoms with Gasteiger partial charge in [0, 0.05) is 0 Å². The Bertz CT molecular complexity index is 140. The van der Waals surface area contributed by atoms with E-state index in [0.29, 0.717) is 0 Å². The number of carbonyl (C=O) groups is 1. The van der Waals surface area contributed by atoms with E-state index in [1.807, 2.05) is 0 Å². The second-order valence-electron chi connectivity index (χ2n) is 2.30. The summed E-state index contributed by atoms with van der Waals surface area (Å²) in [5.41, 5.74) is -0.943. The molecule has 0 atom stereocenters. The van der Waals surface area contributed by atoms with Gasteiger partial charge in [0.2, 0.25) is 0 Å². The zero-order chi connectivity index (χ0) is 7.49. The second-order valence-corrected chi connectivity index (χ2v) is 2.30. The van der Waals surface area contributed by atoms with Gasteiger partial charge in [-0.25, -0.2) is 5.28 Å². The Morgan fingerprint density at radius 2 is 2.00 bits per heavy atom. The lowest BCUT2D eigenvalue weighted by Gasteiger charge is -2.13. The molecule has 0 aromatic carbocycles. The fourth-order valence-electron chi connectivity index (χ4n) is 0.172. The standard InChI is InChI=1S/C5H10N2O2/c1-4(8)5(2,3)6-7-9/h1-3H3,(H,6,9)/p-1. The van der Waals surface area contributed by atoms with E-state index in [1.54, 1.807) is 0 Å². The maximum absolute atomic E-state index is 10.6. The molecule has 0 N–H and O–H groups in total. The van der Waals surface area contributed by atoms with Crippen molar-refractivity contribution in [1.29, 1.82) is 0 Å². The van der Waals surface area contributed by atoms with Crippen LogP contribution < -0.4 is 0 Å². The molecule has 0 heterocycles. The third-order valence-electron chi connectivity index (χ3n) is 1.15. The average molecular weight is 129 g/mol. The minimum Gasteiger partial charge on any atom is -0.775 e. The lowest BCUT2D eigenvalue weighted by atomic mass is 10.0. The van der Waals surface area contributed by atoms with Gasteiger partial charge in [-0.05, 0) is 20.8 Å². The van der Waals surface area contributed by atoms with Crippen LogP contribution in [0.4, 0.5) is 0 Å². The second kappa shape index (κ2) is 2.57. The summed E-state index contributed by atoms with van der Waals surface area (Å²) >= 11 is 0. The monoisotopic (exact) mass is 129 g/mol. The van der Waals surface area contributed by atoms with Crippen LogP contribution in [0.3, 0.4) is 0 Å². The molecule has 0 saturated heterocycles. The molecule has 0 aliphatic heterocycles. The van der Waals surface area contributed by atoms with Crippen molar-refractivity contribution >= 4 is 5.78 Å².